The van der Waals surface area contributed by atoms with Crippen LogP contribution in [0.25, 0.3) is 0 Å². The highest BCUT2D eigenvalue weighted by Gasteiger charge is 2.23. The van der Waals surface area contributed by atoms with Crippen LogP contribution in [-0.2, 0) is 0 Å². The fourth-order valence-electron chi connectivity index (χ4n) is 1.55. The van der Waals surface area contributed by atoms with E-state index >= 15 is 0 Å². The van der Waals surface area contributed by atoms with Crippen molar-refractivity contribution < 1.29 is 0 Å². The predicted octanol–water partition coefficient (Wildman–Crippen LogP) is 2.08. The third-order valence-corrected chi connectivity index (χ3v) is 5.79. The number of unbranched alkanes of at least 4 members (excludes halogenated alkanes) is 1. The van der Waals surface area contributed by atoms with Gasteiger partial charge in [-0.15, -0.1) is 0 Å². The molecule has 2 nitrogen and oxygen atoms in total. The monoisotopic (exact) mass is 188 g/mol. The summed E-state index contributed by atoms with van der Waals surface area (Å²) in [5.74, 6) is 0. The Bertz CT molecular complexity index is 101. The lowest BCUT2D eigenvalue weighted by Crippen LogP contribution is -2.59. The van der Waals surface area contributed by atoms with E-state index < -0.39 is 8.40 Å². The average molecular weight is 188 g/mol. The molecule has 0 fully saturated rings. The lowest BCUT2D eigenvalue weighted by molar-refractivity contribution is 0.789. The fourth-order valence-corrected chi connectivity index (χ4v) is 4.65. The molecule has 0 unspecified atom stereocenters. The van der Waals surface area contributed by atoms with E-state index in [4.69, 9.17) is 0 Å². The SMILES string of the molecule is CCCC[Si](C)(NCC)NCC. The van der Waals surface area contributed by atoms with Crippen LogP contribution in [0.15, 0.2) is 0 Å². The molecular weight excluding hydrogens is 164 g/mol. The van der Waals surface area contributed by atoms with Crippen LogP contribution in [0, 0.1) is 0 Å². The molecule has 0 rings (SSSR count). The van der Waals surface area contributed by atoms with E-state index in [1.165, 1.54) is 18.9 Å². The zero-order chi connectivity index (χ0) is 9.45. The Hall–Kier alpha value is 0.137. The molecule has 2 N–H and O–H groups in total. The Labute approximate surface area is 78.3 Å². The Morgan fingerprint density at radius 2 is 1.50 bits per heavy atom. The minimum atomic E-state index is -1.27. The van der Waals surface area contributed by atoms with Crippen molar-refractivity contribution in [3.8, 4) is 0 Å². The lowest BCUT2D eigenvalue weighted by Gasteiger charge is -2.28. The van der Waals surface area contributed by atoms with Gasteiger partial charge in [0.25, 0.3) is 0 Å². The van der Waals surface area contributed by atoms with Crippen molar-refractivity contribution in [3.63, 3.8) is 0 Å². The van der Waals surface area contributed by atoms with E-state index in [2.05, 4.69) is 37.3 Å². The normalized spacial score (nSPS) is 12.0. The molecular formula is C9H24N2Si. The van der Waals surface area contributed by atoms with Gasteiger partial charge in [-0.2, -0.15) is 0 Å². The predicted molar refractivity (Wildman–Crippen MR) is 58.7 cm³/mol. The molecule has 0 aliphatic heterocycles. The summed E-state index contributed by atoms with van der Waals surface area (Å²) in [7, 11) is -1.27. The van der Waals surface area contributed by atoms with Crippen molar-refractivity contribution in [1.82, 2.24) is 9.96 Å². The van der Waals surface area contributed by atoms with Gasteiger partial charge in [-0.05, 0) is 25.7 Å². The standard InChI is InChI=1S/C9H24N2Si/c1-5-8-9-12(4,10-6-2)11-7-3/h10-11H,5-9H2,1-4H3. The molecule has 0 heterocycles. The smallest absolute Gasteiger partial charge is 0.198 e. The first-order valence-corrected chi connectivity index (χ1v) is 7.89. The van der Waals surface area contributed by atoms with Gasteiger partial charge < -0.3 is 9.96 Å². The highest BCUT2D eigenvalue weighted by atomic mass is 28.3. The number of nitrogens with one attached hydrogen (secondary N) is 2. The second-order valence-corrected chi connectivity index (χ2v) is 7.37. The second kappa shape index (κ2) is 6.63. The van der Waals surface area contributed by atoms with Gasteiger partial charge in [0.2, 0.25) is 0 Å². The van der Waals surface area contributed by atoms with Gasteiger partial charge in [0, 0.05) is 0 Å². The largest absolute Gasteiger partial charge is 0.326 e. The van der Waals surface area contributed by atoms with E-state index in [1.54, 1.807) is 0 Å². The van der Waals surface area contributed by atoms with Crippen molar-refractivity contribution in [2.45, 2.75) is 46.2 Å². The quantitative estimate of drug-likeness (QED) is 0.598. The van der Waals surface area contributed by atoms with E-state index in [1.807, 2.05) is 0 Å². The summed E-state index contributed by atoms with van der Waals surface area (Å²) in [4.78, 5) is 7.24. The zero-order valence-corrected chi connectivity index (χ0v) is 10.0. The van der Waals surface area contributed by atoms with Crippen LogP contribution in [0.4, 0.5) is 0 Å². The third-order valence-electron chi connectivity index (χ3n) is 2.16. The molecule has 0 saturated carbocycles. The summed E-state index contributed by atoms with van der Waals surface area (Å²) in [6, 6.07) is 1.35. The van der Waals surface area contributed by atoms with Gasteiger partial charge in [0.1, 0.15) is 0 Å². The summed E-state index contributed by atoms with van der Waals surface area (Å²) >= 11 is 0. The first-order chi connectivity index (χ1) is 5.68. The van der Waals surface area contributed by atoms with Crippen LogP contribution in [0.3, 0.4) is 0 Å². The van der Waals surface area contributed by atoms with Crippen LogP contribution >= 0.6 is 0 Å². The van der Waals surface area contributed by atoms with Crippen molar-refractivity contribution >= 4 is 8.40 Å². The molecule has 0 bridgehead atoms. The molecule has 0 amide bonds. The molecule has 0 saturated heterocycles. The van der Waals surface area contributed by atoms with Gasteiger partial charge in [0.05, 0.1) is 0 Å². The summed E-state index contributed by atoms with van der Waals surface area (Å²) in [6.07, 6.45) is 2.65. The molecule has 0 radical (unpaired) electrons. The second-order valence-electron chi connectivity index (χ2n) is 3.50. The van der Waals surface area contributed by atoms with E-state index in [0.717, 1.165) is 13.1 Å². The van der Waals surface area contributed by atoms with E-state index in [0.29, 0.717) is 0 Å². The maximum Gasteiger partial charge on any atom is 0.198 e. The molecule has 0 aromatic rings. The molecule has 0 aliphatic rings. The Morgan fingerprint density at radius 1 is 1.00 bits per heavy atom. The maximum absolute atomic E-state index is 3.62. The topological polar surface area (TPSA) is 24.1 Å². The van der Waals surface area contributed by atoms with Gasteiger partial charge in [-0.1, -0.05) is 33.6 Å². The average Bonchev–Trinajstić information content (AvgIpc) is 2.02. The van der Waals surface area contributed by atoms with Crippen LogP contribution in [0.2, 0.25) is 12.6 Å². The Balaban J connectivity index is 3.80. The van der Waals surface area contributed by atoms with Gasteiger partial charge in [-0.3, -0.25) is 0 Å². The van der Waals surface area contributed by atoms with Crippen molar-refractivity contribution in [2.24, 2.45) is 0 Å². The van der Waals surface area contributed by atoms with Crippen LogP contribution in [0.1, 0.15) is 33.6 Å². The summed E-state index contributed by atoms with van der Waals surface area (Å²) in [5.41, 5.74) is 0. The van der Waals surface area contributed by atoms with Crippen molar-refractivity contribution in [1.29, 1.82) is 0 Å². The highest BCUT2D eigenvalue weighted by molar-refractivity contribution is 6.73. The molecule has 3 heteroatoms. The zero-order valence-electron chi connectivity index (χ0n) is 9.04. The number of hydrogen-bond acceptors (Lipinski definition) is 2. The summed E-state index contributed by atoms with van der Waals surface area (Å²) in [6.45, 7) is 11.2. The molecule has 0 aromatic heterocycles. The lowest BCUT2D eigenvalue weighted by atomic mass is 10.4. The van der Waals surface area contributed by atoms with Crippen LogP contribution < -0.4 is 9.96 Å². The minimum Gasteiger partial charge on any atom is -0.326 e. The van der Waals surface area contributed by atoms with Crippen LogP contribution in [-0.4, -0.2) is 21.5 Å². The third kappa shape index (κ3) is 4.90. The highest BCUT2D eigenvalue weighted by Crippen LogP contribution is 2.07. The van der Waals surface area contributed by atoms with Crippen LogP contribution in [0.5, 0.6) is 0 Å². The minimum absolute atomic E-state index is 1.10. The first-order valence-electron chi connectivity index (χ1n) is 5.18. The molecule has 0 atom stereocenters. The Kier molecular flexibility index (Phi) is 6.71. The Morgan fingerprint density at radius 3 is 1.83 bits per heavy atom. The first kappa shape index (κ1) is 12.1. The van der Waals surface area contributed by atoms with Gasteiger partial charge in [0.15, 0.2) is 8.40 Å². The molecule has 12 heavy (non-hydrogen) atoms. The molecule has 0 spiro atoms. The molecule has 74 valence electrons. The van der Waals surface area contributed by atoms with Crippen molar-refractivity contribution in [2.75, 3.05) is 13.1 Å². The fraction of sp³-hybridized carbons (Fsp3) is 1.00. The van der Waals surface area contributed by atoms with E-state index in [9.17, 15) is 0 Å². The van der Waals surface area contributed by atoms with Gasteiger partial charge in [-0.25, -0.2) is 0 Å². The number of hydrogen-bond donors (Lipinski definition) is 2. The summed E-state index contributed by atoms with van der Waals surface area (Å²) in [5, 5.41) is 0. The van der Waals surface area contributed by atoms with E-state index in [-0.39, 0.29) is 0 Å². The van der Waals surface area contributed by atoms with Gasteiger partial charge >= 0.3 is 0 Å². The summed E-state index contributed by atoms with van der Waals surface area (Å²) < 4.78 is 0. The maximum atomic E-state index is 3.62. The molecule has 0 aliphatic carbocycles. The van der Waals surface area contributed by atoms with Crippen molar-refractivity contribution in [3.05, 3.63) is 0 Å². The number of rotatable bonds is 7. The molecule has 0 aromatic carbocycles.